The maximum Gasteiger partial charge on any atom is 0.123 e. The Morgan fingerprint density at radius 2 is 1.18 bits per heavy atom. The average molecular weight is 236 g/mol. The Balaban J connectivity index is 2.24. The summed E-state index contributed by atoms with van der Waals surface area (Å²) in [6.45, 7) is 0. The fourth-order valence-corrected chi connectivity index (χ4v) is 2.56. The summed E-state index contributed by atoms with van der Waals surface area (Å²) >= 11 is 0. The van der Waals surface area contributed by atoms with E-state index in [4.69, 9.17) is 0 Å². The van der Waals surface area contributed by atoms with Gasteiger partial charge in [0.05, 0.1) is 0 Å². The van der Waals surface area contributed by atoms with Crippen LogP contribution in [0.4, 0.5) is 0 Å². The van der Waals surface area contributed by atoms with Crippen LogP contribution >= 0.6 is 0 Å². The van der Waals surface area contributed by atoms with Gasteiger partial charge in [0.1, 0.15) is 6.29 Å². The third-order valence-electron chi connectivity index (χ3n) is 3.75. The number of hydrogen-bond acceptors (Lipinski definition) is 1. The van der Waals surface area contributed by atoms with Gasteiger partial charge in [-0.25, -0.2) is 0 Å². The van der Waals surface area contributed by atoms with Gasteiger partial charge in [0, 0.05) is 5.92 Å². The van der Waals surface area contributed by atoms with Gasteiger partial charge >= 0.3 is 0 Å². The maximum absolute atomic E-state index is 10.9. The predicted octanol–water partition coefficient (Wildman–Crippen LogP) is 5.05. The van der Waals surface area contributed by atoms with Gasteiger partial charge in [-0.15, -0.1) is 0 Å². The van der Waals surface area contributed by atoms with E-state index in [2.05, 4.69) is 12.2 Å². The molecule has 0 saturated carbocycles. The Bertz CT molecular complexity index is 208. The first-order valence-electron chi connectivity index (χ1n) is 7.54. The van der Waals surface area contributed by atoms with Crippen molar-refractivity contribution in [3.63, 3.8) is 0 Å². The van der Waals surface area contributed by atoms with Crippen molar-refractivity contribution in [3.05, 3.63) is 12.2 Å². The lowest BCUT2D eigenvalue weighted by molar-refractivity contribution is -0.111. The zero-order valence-corrected chi connectivity index (χ0v) is 11.2. The fraction of sp³-hybridized carbons (Fsp3) is 0.812. The van der Waals surface area contributed by atoms with Crippen LogP contribution in [0.25, 0.3) is 0 Å². The Kier molecular flexibility index (Phi) is 8.99. The van der Waals surface area contributed by atoms with E-state index in [1.54, 1.807) is 0 Å². The topological polar surface area (TPSA) is 17.1 Å². The standard InChI is InChI=1S/C16H28O/c17-15-16-13-11-9-7-5-3-1-2-4-6-8-10-12-14-16/h1,3,15-16H,2,4-14H2. The summed E-state index contributed by atoms with van der Waals surface area (Å²) < 4.78 is 0. The van der Waals surface area contributed by atoms with Gasteiger partial charge in [-0.3, -0.25) is 0 Å². The van der Waals surface area contributed by atoms with Crippen molar-refractivity contribution in [1.82, 2.24) is 0 Å². The summed E-state index contributed by atoms with van der Waals surface area (Å²) in [4.78, 5) is 10.9. The number of aldehydes is 1. The zero-order valence-electron chi connectivity index (χ0n) is 11.2. The van der Waals surface area contributed by atoms with Crippen molar-refractivity contribution in [2.45, 2.75) is 77.0 Å². The number of allylic oxidation sites excluding steroid dienone is 2. The Labute approximate surface area is 107 Å². The molecule has 0 aromatic rings. The zero-order chi connectivity index (χ0) is 12.2. The quantitative estimate of drug-likeness (QED) is 0.460. The highest BCUT2D eigenvalue weighted by atomic mass is 16.1. The van der Waals surface area contributed by atoms with Gasteiger partial charge in [0.25, 0.3) is 0 Å². The molecule has 0 spiro atoms. The number of carbonyl (C=O) groups excluding carboxylic acids is 1. The molecule has 0 saturated heterocycles. The lowest BCUT2D eigenvalue weighted by atomic mass is 9.96. The van der Waals surface area contributed by atoms with E-state index >= 15 is 0 Å². The molecule has 1 heteroatoms. The molecule has 98 valence electrons. The van der Waals surface area contributed by atoms with Crippen molar-refractivity contribution in [3.8, 4) is 0 Å². The summed E-state index contributed by atoms with van der Waals surface area (Å²) in [7, 11) is 0. The van der Waals surface area contributed by atoms with Crippen LogP contribution in [0.5, 0.6) is 0 Å². The molecular formula is C16H28O. The summed E-state index contributed by atoms with van der Waals surface area (Å²) in [5.41, 5.74) is 0. The number of rotatable bonds is 1. The first-order valence-corrected chi connectivity index (χ1v) is 7.54. The van der Waals surface area contributed by atoms with Gasteiger partial charge in [-0.2, -0.15) is 0 Å². The molecular weight excluding hydrogens is 208 g/mol. The molecule has 0 aromatic heterocycles. The van der Waals surface area contributed by atoms with E-state index in [0.717, 1.165) is 12.8 Å². The summed E-state index contributed by atoms with van der Waals surface area (Å²) in [6, 6.07) is 0. The van der Waals surface area contributed by atoms with Gasteiger partial charge in [-0.1, -0.05) is 50.7 Å². The normalized spacial score (nSPS) is 25.8. The summed E-state index contributed by atoms with van der Waals surface area (Å²) in [5.74, 6) is 0.343. The number of hydrogen-bond donors (Lipinski definition) is 0. The molecule has 0 bridgehead atoms. The van der Waals surface area contributed by atoms with E-state index in [9.17, 15) is 4.79 Å². The molecule has 0 N–H and O–H groups in total. The van der Waals surface area contributed by atoms with Crippen LogP contribution in [0.2, 0.25) is 0 Å². The highest BCUT2D eigenvalue weighted by Crippen LogP contribution is 2.17. The molecule has 1 unspecified atom stereocenters. The van der Waals surface area contributed by atoms with Crippen LogP contribution in [0.1, 0.15) is 77.0 Å². The van der Waals surface area contributed by atoms with Crippen molar-refractivity contribution >= 4 is 6.29 Å². The van der Waals surface area contributed by atoms with Crippen LogP contribution < -0.4 is 0 Å². The first-order chi connectivity index (χ1) is 8.43. The van der Waals surface area contributed by atoms with Crippen LogP contribution in [0.15, 0.2) is 12.2 Å². The van der Waals surface area contributed by atoms with Crippen LogP contribution in [-0.2, 0) is 4.79 Å². The Morgan fingerprint density at radius 1 is 0.706 bits per heavy atom. The molecule has 17 heavy (non-hydrogen) atoms. The third kappa shape index (κ3) is 8.18. The van der Waals surface area contributed by atoms with Crippen molar-refractivity contribution < 1.29 is 4.79 Å². The smallest absolute Gasteiger partial charge is 0.123 e. The largest absolute Gasteiger partial charge is 0.303 e. The van der Waals surface area contributed by atoms with Crippen molar-refractivity contribution in [2.75, 3.05) is 0 Å². The van der Waals surface area contributed by atoms with Gasteiger partial charge < -0.3 is 4.79 Å². The molecule has 0 fully saturated rings. The van der Waals surface area contributed by atoms with Crippen molar-refractivity contribution in [2.24, 2.45) is 5.92 Å². The summed E-state index contributed by atoms with van der Waals surface area (Å²) in [6.07, 6.45) is 21.0. The SMILES string of the molecule is O=CC1CCCCCC=CCCCCCCC1. The van der Waals surface area contributed by atoms with Gasteiger partial charge in [0.2, 0.25) is 0 Å². The third-order valence-corrected chi connectivity index (χ3v) is 3.75. The second-order valence-electron chi connectivity index (χ2n) is 5.35. The van der Waals surface area contributed by atoms with Gasteiger partial charge in [0.15, 0.2) is 0 Å². The highest BCUT2D eigenvalue weighted by molar-refractivity contribution is 5.53. The first kappa shape index (κ1) is 14.5. The molecule has 0 aliphatic heterocycles. The molecule has 1 nitrogen and oxygen atoms in total. The molecule has 0 amide bonds. The van der Waals surface area contributed by atoms with Gasteiger partial charge in [-0.05, 0) is 38.5 Å². The van der Waals surface area contributed by atoms with Crippen LogP contribution in [0, 0.1) is 5.92 Å². The minimum Gasteiger partial charge on any atom is -0.303 e. The second kappa shape index (κ2) is 10.6. The number of carbonyl (C=O) groups is 1. The molecule has 0 radical (unpaired) electrons. The maximum atomic E-state index is 10.9. The Hall–Kier alpha value is -0.590. The predicted molar refractivity (Wildman–Crippen MR) is 74.1 cm³/mol. The Morgan fingerprint density at radius 3 is 1.76 bits per heavy atom. The minimum absolute atomic E-state index is 0.343. The average Bonchev–Trinajstić information content (AvgIpc) is 2.36. The highest BCUT2D eigenvalue weighted by Gasteiger charge is 2.06. The monoisotopic (exact) mass is 236 g/mol. The van der Waals surface area contributed by atoms with E-state index in [1.165, 1.54) is 70.5 Å². The molecule has 1 rings (SSSR count). The molecule has 1 aliphatic carbocycles. The fourth-order valence-electron chi connectivity index (χ4n) is 2.56. The van der Waals surface area contributed by atoms with E-state index in [0.29, 0.717) is 5.92 Å². The van der Waals surface area contributed by atoms with Crippen molar-refractivity contribution in [1.29, 1.82) is 0 Å². The summed E-state index contributed by atoms with van der Waals surface area (Å²) in [5, 5.41) is 0. The molecule has 0 heterocycles. The van der Waals surface area contributed by atoms with E-state index in [1.807, 2.05) is 0 Å². The van der Waals surface area contributed by atoms with E-state index in [-0.39, 0.29) is 0 Å². The molecule has 1 atom stereocenters. The lowest BCUT2D eigenvalue weighted by Crippen LogP contribution is -2.02. The van der Waals surface area contributed by atoms with Crippen LogP contribution in [0.3, 0.4) is 0 Å². The molecule has 0 aromatic carbocycles. The van der Waals surface area contributed by atoms with E-state index < -0.39 is 0 Å². The van der Waals surface area contributed by atoms with Crippen LogP contribution in [-0.4, -0.2) is 6.29 Å². The second-order valence-corrected chi connectivity index (χ2v) is 5.35. The molecule has 1 aliphatic rings. The lowest BCUT2D eigenvalue weighted by Gasteiger charge is -2.09. The minimum atomic E-state index is 0.343.